The van der Waals surface area contributed by atoms with Gasteiger partial charge < -0.3 is 15.0 Å². The van der Waals surface area contributed by atoms with E-state index in [1.165, 1.54) is 12.1 Å². The first kappa shape index (κ1) is 13.5. The van der Waals surface area contributed by atoms with Gasteiger partial charge in [-0.15, -0.1) is 0 Å². The minimum absolute atomic E-state index is 0.162. The van der Waals surface area contributed by atoms with Gasteiger partial charge >= 0.3 is 0 Å². The van der Waals surface area contributed by atoms with Gasteiger partial charge in [0.15, 0.2) is 6.61 Å². The summed E-state index contributed by atoms with van der Waals surface area (Å²) in [5.41, 5.74) is 6.39. The molecule has 1 aromatic heterocycles. The van der Waals surface area contributed by atoms with E-state index >= 15 is 0 Å². The molecule has 0 fully saturated rings. The monoisotopic (exact) mass is 265 g/mol. The second-order valence-electron chi connectivity index (χ2n) is 4.22. The zero-order chi connectivity index (χ0) is 13.8. The van der Waals surface area contributed by atoms with Crippen molar-refractivity contribution in [2.45, 2.75) is 32.9 Å². The third-order valence-electron chi connectivity index (χ3n) is 2.63. The van der Waals surface area contributed by atoms with Gasteiger partial charge in [-0.2, -0.15) is 4.98 Å². The number of aryl methyl sites for hydroxylation is 1. The number of aromatic nitrogens is 2. The van der Waals surface area contributed by atoms with Crippen molar-refractivity contribution in [3.63, 3.8) is 0 Å². The normalized spacial score (nSPS) is 12.4. The Morgan fingerprint density at radius 1 is 1.47 bits per heavy atom. The SMILES string of the molecule is CCc1nc(COc2ccc(F)cc2[C@H](C)N)no1. The van der Waals surface area contributed by atoms with Crippen molar-refractivity contribution in [2.75, 3.05) is 0 Å². The lowest BCUT2D eigenvalue weighted by Crippen LogP contribution is -2.09. The van der Waals surface area contributed by atoms with Gasteiger partial charge in [0.25, 0.3) is 0 Å². The van der Waals surface area contributed by atoms with Crippen LogP contribution in [0.2, 0.25) is 0 Å². The van der Waals surface area contributed by atoms with Gasteiger partial charge in [0, 0.05) is 18.0 Å². The Bertz CT molecular complexity index is 555. The lowest BCUT2D eigenvalue weighted by Gasteiger charge is -2.12. The standard InChI is InChI=1S/C13H16FN3O2/c1-3-13-16-12(17-19-13)7-18-11-5-4-9(14)6-10(11)8(2)15/h4-6,8H,3,7,15H2,1-2H3/t8-/m0/s1. The molecule has 0 saturated heterocycles. The van der Waals surface area contributed by atoms with Crippen LogP contribution in [0.25, 0.3) is 0 Å². The molecule has 0 amide bonds. The molecule has 5 nitrogen and oxygen atoms in total. The first-order valence-electron chi connectivity index (χ1n) is 6.09. The number of rotatable bonds is 5. The first-order chi connectivity index (χ1) is 9.10. The van der Waals surface area contributed by atoms with Crippen LogP contribution in [0.5, 0.6) is 5.75 Å². The van der Waals surface area contributed by atoms with Gasteiger partial charge in [0.1, 0.15) is 11.6 Å². The van der Waals surface area contributed by atoms with Crippen molar-refractivity contribution >= 4 is 0 Å². The minimum Gasteiger partial charge on any atom is -0.485 e. The number of hydrogen-bond acceptors (Lipinski definition) is 5. The molecule has 0 saturated carbocycles. The van der Waals surface area contributed by atoms with Crippen LogP contribution < -0.4 is 10.5 Å². The van der Waals surface area contributed by atoms with Crippen LogP contribution in [0.15, 0.2) is 22.7 Å². The molecule has 1 heterocycles. The maximum Gasteiger partial charge on any atom is 0.226 e. The van der Waals surface area contributed by atoms with E-state index in [0.717, 1.165) is 0 Å². The fraction of sp³-hybridized carbons (Fsp3) is 0.385. The molecule has 1 aromatic carbocycles. The number of halogens is 1. The topological polar surface area (TPSA) is 74.2 Å². The van der Waals surface area contributed by atoms with E-state index in [4.69, 9.17) is 15.0 Å². The summed E-state index contributed by atoms with van der Waals surface area (Å²) in [5, 5.41) is 3.78. The third-order valence-corrected chi connectivity index (χ3v) is 2.63. The summed E-state index contributed by atoms with van der Waals surface area (Å²) in [4.78, 5) is 4.13. The van der Waals surface area contributed by atoms with Crippen molar-refractivity contribution in [2.24, 2.45) is 5.73 Å². The summed E-state index contributed by atoms with van der Waals surface area (Å²) in [6.45, 7) is 3.85. The van der Waals surface area contributed by atoms with Crippen LogP contribution in [0.4, 0.5) is 4.39 Å². The Hall–Kier alpha value is -1.95. The predicted octanol–water partition coefficient (Wildman–Crippen LogP) is 2.37. The summed E-state index contributed by atoms with van der Waals surface area (Å²) in [7, 11) is 0. The van der Waals surface area contributed by atoms with Gasteiger partial charge in [-0.05, 0) is 25.1 Å². The number of nitrogens with zero attached hydrogens (tertiary/aromatic N) is 2. The molecule has 1 atom stereocenters. The molecule has 0 spiro atoms. The fourth-order valence-electron chi connectivity index (χ4n) is 1.64. The Labute approximate surface area is 110 Å². The zero-order valence-corrected chi connectivity index (χ0v) is 10.9. The Morgan fingerprint density at radius 2 is 2.26 bits per heavy atom. The van der Waals surface area contributed by atoms with Crippen LogP contribution in [0, 0.1) is 5.82 Å². The Balaban J connectivity index is 2.10. The molecule has 0 aliphatic rings. The van der Waals surface area contributed by atoms with Crippen molar-refractivity contribution in [1.82, 2.24) is 10.1 Å². The van der Waals surface area contributed by atoms with Crippen molar-refractivity contribution in [1.29, 1.82) is 0 Å². The maximum atomic E-state index is 13.2. The van der Waals surface area contributed by atoms with Crippen molar-refractivity contribution < 1.29 is 13.7 Å². The van der Waals surface area contributed by atoms with E-state index in [0.29, 0.717) is 29.4 Å². The average molecular weight is 265 g/mol. The van der Waals surface area contributed by atoms with Crippen LogP contribution in [-0.4, -0.2) is 10.1 Å². The molecule has 0 radical (unpaired) electrons. The molecule has 19 heavy (non-hydrogen) atoms. The Kier molecular flexibility index (Phi) is 4.11. The quantitative estimate of drug-likeness (QED) is 0.898. The zero-order valence-electron chi connectivity index (χ0n) is 10.9. The first-order valence-corrected chi connectivity index (χ1v) is 6.09. The number of ether oxygens (including phenoxy) is 1. The molecule has 0 bridgehead atoms. The fourth-order valence-corrected chi connectivity index (χ4v) is 1.64. The van der Waals surface area contributed by atoms with Crippen LogP contribution >= 0.6 is 0 Å². The highest BCUT2D eigenvalue weighted by Crippen LogP contribution is 2.25. The molecular weight excluding hydrogens is 249 g/mol. The molecule has 0 aliphatic heterocycles. The maximum absolute atomic E-state index is 13.2. The van der Waals surface area contributed by atoms with Crippen LogP contribution in [0.3, 0.4) is 0 Å². The predicted molar refractivity (Wildman–Crippen MR) is 67.0 cm³/mol. The van der Waals surface area contributed by atoms with E-state index in [1.807, 2.05) is 6.92 Å². The second-order valence-corrected chi connectivity index (χ2v) is 4.22. The van der Waals surface area contributed by atoms with E-state index in [-0.39, 0.29) is 18.5 Å². The van der Waals surface area contributed by atoms with Gasteiger partial charge in [0.05, 0.1) is 0 Å². The minimum atomic E-state index is -0.340. The molecular formula is C13H16FN3O2. The van der Waals surface area contributed by atoms with Gasteiger partial charge in [0.2, 0.25) is 11.7 Å². The van der Waals surface area contributed by atoms with Gasteiger partial charge in [-0.1, -0.05) is 12.1 Å². The van der Waals surface area contributed by atoms with E-state index < -0.39 is 0 Å². The molecule has 2 N–H and O–H groups in total. The highest BCUT2D eigenvalue weighted by molar-refractivity contribution is 5.36. The summed E-state index contributed by atoms with van der Waals surface area (Å²) in [6.07, 6.45) is 0.675. The van der Waals surface area contributed by atoms with Crippen molar-refractivity contribution in [3.8, 4) is 5.75 Å². The van der Waals surface area contributed by atoms with E-state index in [1.54, 1.807) is 13.0 Å². The summed E-state index contributed by atoms with van der Waals surface area (Å²) in [5.74, 6) is 1.20. The van der Waals surface area contributed by atoms with E-state index in [9.17, 15) is 4.39 Å². The molecule has 2 rings (SSSR count). The largest absolute Gasteiger partial charge is 0.485 e. The highest BCUT2D eigenvalue weighted by atomic mass is 19.1. The smallest absolute Gasteiger partial charge is 0.226 e. The average Bonchev–Trinajstić information content (AvgIpc) is 2.85. The lowest BCUT2D eigenvalue weighted by atomic mass is 10.1. The van der Waals surface area contributed by atoms with Gasteiger partial charge in [-0.25, -0.2) is 4.39 Å². The lowest BCUT2D eigenvalue weighted by molar-refractivity contribution is 0.281. The van der Waals surface area contributed by atoms with Crippen molar-refractivity contribution in [3.05, 3.63) is 41.3 Å². The highest BCUT2D eigenvalue weighted by Gasteiger charge is 2.11. The molecule has 0 unspecified atom stereocenters. The molecule has 0 aliphatic carbocycles. The molecule has 102 valence electrons. The summed E-state index contributed by atoms with van der Waals surface area (Å²) in [6, 6.07) is 3.93. The molecule has 6 heteroatoms. The number of nitrogens with two attached hydrogens (primary N) is 1. The van der Waals surface area contributed by atoms with Crippen LogP contribution in [-0.2, 0) is 13.0 Å². The Morgan fingerprint density at radius 3 is 2.89 bits per heavy atom. The summed E-state index contributed by atoms with van der Waals surface area (Å²) >= 11 is 0. The summed E-state index contributed by atoms with van der Waals surface area (Å²) < 4.78 is 23.7. The molecule has 2 aromatic rings. The van der Waals surface area contributed by atoms with Gasteiger partial charge in [-0.3, -0.25) is 0 Å². The number of benzene rings is 1. The van der Waals surface area contributed by atoms with E-state index in [2.05, 4.69) is 10.1 Å². The van der Waals surface area contributed by atoms with Crippen LogP contribution in [0.1, 0.15) is 37.2 Å². The second kappa shape index (κ2) is 5.79. The number of hydrogen-bond donors (Lipinski definition) is 1. The third kappa shape index (κ3) is 3.29.